The van der Waals surface area contributed by atoms with Gasteiger partial charge in [0, 0.05) is 19.6 Å². The molecule has 8 nitrogen and oxygen atoms in total. The third kappa shape index (κ3) is 7.23. The van der Waals surface area contributed by atoms with E-state index in [4.69, 9.17) is 22.1 Å². The summed E-state index contributed by atoms with van der Waals surface area (Å²) in [6, 6.07) is 1.85. The number of carbonyl (C=O) groups excluding carboxylic acids is 2. The third-order valence-corrected chi connectivity index (χ3v) is 7.94. The van der Waals surface area contributed by atoms with Crippen LogP contribution < -0.4 is 15.8 Å². The van der Waals surface area contributed by atoms with Crippen LogP contribution in [0.15, 0.2) is 6.07 Å². The Morgan fingerprint density at radius 1 is 1.26 bits per heavy atom. The summed E-state index contributed by atoms with van der Waals surface area (Å²) in [5.74, 6) is 0.671. The molecule has 2 amide bonds. The van der Waals surface area contributed by atoms with Crippen LogP contribution in [0.25, 0.3) is 0 Å². The molecule has 9 heteroatoms. The van der Waals surface area contributed by atoms with E-state index in [9.17, 15) is 9.59 Å². The minimum absolute atomic E-state index is 0.0373. The summed E-state index contributed by atoms with van der Waals surface area (Å²) in [6.07, 6.45) is 11.0. The van der Waals surface area contributed by atoms with Crippen LogP contribution in [-0.2, 0) is 4.79 Å². The summed E-state index contributed by atoms with van der Waals surface area (Å²) in [6.45, 7) is 4.49. The van der Waals surface area contributed by atoms with Gasteiger partial charge in [-0.15, -0.1) is 0 Å². The Kier molecular flexibility index (Phi) is 10.5. The van der Waals surface area contributed by atoms with Crippen molar-refractivity contribution in [3.05, 3.63) is 16.7 Å². The van der Waals surface area contributed by atoms with E-state index in [1.807, 2.05) is 11.9 Å². The molecule has 0 spiro atoms. The fourth-order valence-corrected chi connectivity index (χ4v) is 5.50. The van der Waals surface area contributed by atoms with Gasteiger partial charge in [-0.25, -0.2) is 0 Å². The maximum atomic E-state index is 13.5. The summed E-state index contributed by atoms with van der Waals surface area (Å²) in [4.78, 5) is 34.7. The molecule has 0 aromatic carbocycles. The average Bonchev–Trinajstić information content (AvgIpc) is 2.89. The lowest BCUT2D eigenvalue weighted by Crippen LogP contribution is -2.53. The van der Waals surface area contributed by atoms with E-state index in [-0.39, 0.29) is 40.1 Å². The molecule has 2 aliphatic rings. The van der Waals surface area contributed by atoms with Crippen molar-refractivity contribution in [2.24, 2.45) is 5.92 Å². The summed E-state index contributed by atoms with van der Waals surface area (Å²) >= 11 is 6.06. The van der Waals surface area contributed by atoms with Crippen molar-refractivity contribution in [2.45, 2.75) is 83.2 Å². The van der Waals surface area contributed by atoms with Gasteiger partial charge in [-0.1, -0.05) is 50.6 Å². The summed E-state index contributed by atoms with van der Waals surface area (Å²) < 4.78 is 5.20. The van der Waals surface area contributed by atoms with E-state index in [0.717, 1.165) is 58.0 Å². The first-order valence-electron chi connectivity index (χ1n) is 13.1. The molecule has 1 atom stereocenters. The number of rotatable bonds is 10. The number of carbonyl (C=O) groups is 2. The Labute approximate surface area is 214 Å². The smallest absolute Gasteiger partial charge is 0.256 e. The van der Waals surface area contributed by atoms with Gasteiger partial charge in [0.2, 0.25) is 11.8 Å². The normalized spacial score (nSPS) is 18.7. The molecule has 1 aliphatic heterocycles. The lowest BCUT2D eigenvalue weighted by Gasteiger charge is -2.40. The van der Waals surface area contributed by atoms with E-state index in [1.54, 1.807) is 0 Å². The van der Waals surface area contributed by atoms with Gasteiger partial charge < -0.3 is 20.7 Å². The van der Waals surface area contributed by atoms with Crippen LogP contribution in [0.1, 0.15) is 81.5 Å². The van der Waals surface area contributed by atoms with Crippen molar-refractivity contribution in [1.82, 2.24) is 20.1 Å². The first kappa shape index (κ1) is 27.5. The van der Waals surface area contributed by atoms with Crippen LogP contribution in [0.2, 0.25) is 5.02 Å². The zero-order valence-corrected chi connectivity index (χ0v) is 22.3. The highest BCUT2D eigenvalue weighted by molar-refractivity contribution is 6.33. The van der Waals surface area contributed by atoms with Crippen LogP contribution in [0, 0.1) is 5.92 Å². The minimum Gasteiger partial charge on any atom is -0.480 e. The molecule has 3 rings (SSSR count). The molecule has 1 aromatic heterocycles. The van der Waals surface area contributed by atoms with Crippen molar-refractivity contribution in [3.8, 4) is 5.88 Å². The summed E-state index contributed by atoms with van der Waals surface area (Å²) in [5, 5.41) is 3.23. The van der Waals surface area contributed by atoms with E-state index >= 15 is 0 Å². The molecular weight excluding hydrogens is 466 g/mol. The fraction of sp³-hybridized carbons (Fsp3) is 0.731. The number of pyridine rings is 1. The lowest BCUT2D eigenvalue weighted by atomic mass is 9.92. The number of nitrogens with one attached hydrogen (secondary N) is 1. The summed E-state index contributed by atoms with van der Waals surface area (Å²) in [5.41, 5.74) is 6.00. The van der Waals surface area contributed by atoms with Gasteiger partial charge in [-0.05, 0) is 57.2 Å². The largest absolute Gasteiger partial charge is 0.480 e. The van der Waals surface area contributed by atoms with E-state index < -0.39 is 0 Å². The Morgan fingerprint density at radius 2 is 1.94 bits per heavy atom. The second kappa shape index (κ2) is 13.3. The number of unbranched alkanes of at least 4 members (excludes halogenated alkanes) is 1. The maximum absolute atomic E-state index is 13.5. The van der Waals surface area contributed by atoms with Gasteiger partial charge in [0.15, 0.2) is 0 Å². The van der Waals surface area contributed by atoms with Gasteiger partial charge >= 0.3 is 0 Å². The molecule has 3 N–H and O–H groups in total. The number of halogens is 1. The Balaban J connectivity index is 1.54. The van der Waals surface area contributed by atoms with Crippen molar-refractivity contribution in [3.63, 3.8) is 0 Å². The number of hydrogen-bond acceptors (Lipinski definition) is 6. The predicted molar refractivity (Wildman–Crippen MR) is 140 cm³/mol. The van der Waals surface area contributed by atoms with Crippen molar-refractivity contribution < 1.29 is 14.3 Å². The van der Waals surface area contributed by atoms with Gasteiger partial charge in [0.25, 0.3) is 5.91 Å². The molecule has 35 heavy (non-hydrogen) atoms. The lowest BCUT2D eigenvalue weighted by molar-refractivity contribution is -0.139. The number of amides is 2. The van der Waals surface area contributed by atoms with E-state index in [2.05, 4.69) is 22.1 Å². The van der Waals surface area contributed by atoms with Crippen molar-refractivity contribution >= 4 is 29.2 Å². The second-order valence-electron chi connectivity index (χ2n) is 10.0. The van der Waals surface area contributed by atoms with Gasteiger partial charge in [0.1, 0.15) is 11.4 Å². The third-order valence-electron chi connectivity index (χ3n) is 7.63. The maximum Gasteiger partial charge on any atom is 0.256 e. The Bertz CT molecular complexity index is 854. The zero-order valence-electron chi connectivity index (χ0n) is 21.5. The molecule has 1 saturated carbocycles. The van der Waals surface area contributed by atoms with Gasteiger partial charge in [-0.3, -0.25) is 14.5 Å². The number of nitrogen functional groups attached to an aromatic ring is 1. The molecule has 196 valence electrons. The highest BCUT2D eigenvalue weighted by Gasteiger charge is 2.33. The first-order valence-corrected chi connectivity index (χ1v) is 13.5. The molecule has 2 heterocycles. The molecule has 0 radical (unpaired) electrons. The van der Waals surface area contributed by atoms with Gasteiger partial charge in [0.05, 0.1) is 18.2 Å². The van der Waals surface area contributed by atoms with Crippen molar-refractivity contribution in [2.75, 3.05) is 39.5 Å². The SMILES string of the molecule is CCCCC(C(=O)N(C)C1CCCCC1)N1CCC(CNC(=O)c2cc(Cl)c(N)nc2OC)CC1. The molecule has 2 fully saturated rings. The molecule has 0 bridgehead atoms. The zero-order chi connectivity index (χ0) is 25.4. The molecule has 1 aliphatic carbocycles. The number of hydrogen-bond donors (Lipinski definition) is 2. The second-order valence-corrected chi connectivity index (χ2v) is 10.4. The number of piperidine rings is 1. The van der Waals surface area contributed by atoms with Crippen LogP contribution in [-0.4, -0.2) is 72.5 Å². The number of likely N-dealkylation sites (N-methyl/N-ethyl adjacent to an activating group) is 1. The molecule has 1 unspecified atom stereocenters. The quantitative estimate of drug-likeness (QED) is 0.494. The average molecular weight is 508 g/mol. The molecule has 1 aromatic rings. The number of nitrogens with two attached hydrogens (primary N) is 1. The number of aromatic nitrogens is 1. The highest BCUT2D eigenvalue weighted by Crippen LogP contribution is 2.27. The standard InChI is InChI=1S/C26H42ClN5O3/c1-4-5-11-22(26(34)31(2)19-9-7-6-8-10-19)32-14-12-18(13-15-32)17-29-24(33)20-16-21(27)23(28)30-25(20)35-3/h16,18-19,22H,4-15,17H2,1-3H3,(H2,28,30)(H,29,33). The number of methoxy groups -OCH3 is 1. The Morgan fingerprint density at radius 3 is 2.57 bits per heavy atom. The fourth-order valence-electron chi connectivity index (χ4n) is 5.35. The van der Waals surface area contributed by atoms with Crippen molar-refractivity contribution in [1.29, 1.82) is 0 Å². The summed E-state index contributed by atoms with van der Waals surface area (Å²) in [7, 11) is 3.45. The molecule has 1 saturated heterocycles. The van der Waals surface area contributed by atoms with E-state index in [1.165, 1.54) is 32.4 Å². The van der Waals surface area contributed by atoms with Crippen LogP contribution in [0.3, 0.4) is 0 Å². The first-order chi connectivity index (χ1) is 16.8. The number of likely N-dealkylation sites (tertiary alicyclic amines) is 1. The molecular formula is C26H42ClN5O3. The van der Waals surface area contributed by atoms with Gasteiger partial charge in [-0.2, -0.15) is 4.98 Å². The van der Waals surface area contributed by atoms with Crippen LogP contribution >= 0.6 is 11.6 Å². The number of ether oxygens (including phenoxy) is 1. The monoisotopic (exact) mass is 507 g/mol. The number of nitrogens with zero attached hydrogens (tertiary/aromatic N) is 3. The van der Waals surface area contributed by atoms with E-state index in [0.29, 0.717) is 18.5 Å². The Hall–Kier alpha value is -2.06. The topological polar surface area (TPSA) is 101 Å². The van der Waals surface area contributed by atoms with Crippen LogP contribution in [0.4, 0.5) is 5.82 Å². The minimum atomic E-state index is -0.274. The van der Waals surface area contributed by atoms with Crippen LogP contribution in [0.5, 0.6) is 5.88 Å². The highest BCUT2D eigenvalue weighted by atomic mass is 35.5. The predicted octanol–water partition coefficient (Wildman–Crippen LogP) is 4.12. The number of anilines is 1.